The zero-order valence-corrected chi connectivity index (χ0v) is 20.0. The second-order valence-corrected chi connectivity index (χ2v) is 10.7. The van der Waals surface area contributed by atoms with Gasteiger partial charge >= 0.3 is 0 Å². The van der Waals surface area contributed by atoms with Crippen molar-refractivity contribution in [3.8, 4) is 5.82 Å². The van der Waals surface area contributed by atoms with Gasteiger partial charge in [0.1, 0.15) is 10.7 Å². The van der Waals surface area contributed by atoms with Crippen LogP contribution in [0, 0.1) is 34.6 Å². The van der Waals surface area contributed by atoms with E-state index >= 15 is 0 Å². The van der Waals surface area contributed by atoms with Crippen molar-refractivity contribution in [3.63, 3.8) is 0 Å². The van der Waals surface area contributed by atoms with Gasteiger partial charge in [0, 0.05) is 39.3 Å². The minimum absolute atomic E-state index is 0.498. The molecule has 0 fully saturated rings. The van der Waals surface area contributed by atoms with E-state index in [1.165, 1.54) is 11.1 Å². The van der Waals surface area contributed by atoms with E-state index < -0.39 is 21.6 Å². The molecule has 0 aliphatic heterocycles. The minimum atomic E-state index is -1.22. The van der Waals surface area contributed by atoms with Gasteiger partial charge in [-0.05, 0) is 69.0 Å². The summed E-state index contributed by atoms with van der Waals surface area (Å²) in [4.78, 5) is 5.52. The lowest BCUT2D eigenvalue weighted by atomic mass is 9.96. The molecule has 1 aromatic carbocycles. The smallest absolute Gasteiger partial charge is 0.176 e. The number of hydrogen-bond acceptors (Lipinski definition) is 4. The first-order chi connectivity index (χ1) is 14.2. The predicted molar refractivity (Wildman–Crippen MR) is 123 cm³/mol. The highest BCUT2D eigenvalue weighted by Gasteiger charge is 2.25. The van der Waals surface area contributed by atoms with Gasteiger partial charge in [-0.3, -0.25) is 8.42 Å². The Morgan fingerprint density at radius 3 is 2.30 bits per heavy atom. The topological polar surface area (TPSA) is 69.3 Å². The fourth-order valence-corrected chi connectivity index (χ4v) is 5.53. The van der Waals surface area contributed by atoms with Gasteiger partial charge < -0.3 is 4.40 Å². The van der Waals surface area contributed by atoms with Crippen molar-refractivity contribution in [3.05, 3.63) is 46.3 Å². The van der Waals surface area contributed by atoms with E-state index in [2.05, 4.69) is 27.7 Å². The largest absolute Gasteiger partial charge is 0.302 e. The van der Waals surface area contributed by atoms with Crippen LogP contribution in [0.4, 0.5) is 0 Å². The molecule has 2 unspecified atom stereocenters. The lowest BCUT2D eigenvalue weighted by Crippen LogP contribution is -2.08. The maximum Gasteiger partial charge on any atom is 0.176 e. The second kappa shape index (κ2) is 7.42. The van der Waals surface area contributed by atoms with Gasteiger partial charge in [0.05, 0.1) is 22.0 Å². The third-order valence-electron chi connectivity index (χ3n) is 6.08. The number of aromatic nitrogens is 4. The molecule has 158 valence electrons. The number of aryl methyl sites for hydroxylation is 3. The molecule has 0 spiro atoms. The molecule has 0 amide bonds. The quantitative estimate of drug-likeness (QED) is 0.478. The average Bonchev–Trinajstić information content (AvgIpc) is 3.28. The molecule has 0 N–H and O–H groups in total. The van der Waals surface area contributed by atoms with Gasteiger partial charge in [-0.15, -0.1) is 0 Å². The number of nitrogens with zero attached hydrogens (tertiary/aromatic N) is 4. The number of pyridine rings is 1. The monoisotopic (exact) mass is 442 g/mol. The normalized spacial score (nSPS) is 14.0. The zero-order valence-electron chi connectivity index (χ0n) is 18.4. The maximum absolute atomic E-state index is 13.2. The molecule has 2 atom stereocenters. The molecule has 3 aromatic heterocycles. The second-order valence-electron chi connectivity index (χ2n) is 7.64. The third kappa shape index (κ3) is 2.96. The van der Waals surface area contributed by atoms with Crippen molar-refractivity contribution in [1.82, 2.24) is 19.2 Å². The summed E-state index contributed by atoms with van der Waals surface area (Å²) in [7, 11) is -2.31. The van der Waals surface area contributed by atoms with E-state index in [1.807, 2.05) is 36.6 Å². The molecule has 4 aromatic rings. The molecule has 0 radical (unpaired) electrons. The van der Waals surface area contributed by atoms with Crippen LogP contribution < -0.4 is 0 Å². The minimum Gasteiger partial charge on any atom is -0.302 e. The maximum atomic E-state index is 13.2. The Kier molecular flexibility index (Phi) is 5.18. The van der Waals surface area contributed by atoms with Crippen molar-refractivity contribution in [2.75, 3.05) is 12.0 Å². The molecule has 0 saturated carbocycles. The molecule has 4 rings (SSSR count). The first kappa shape index (κ1) is 20.9. The Morgan fingerprint density at radius 1 is 1.00 bits per heavy atom. The fraction of sp³-hybridized carbons (Fsp3) is 0.364. The Morgan fingerprint density at radius 2 is 1.67 bits per heavy atom. The summed E-state index contributed by atoms with van der Waals surface area (Å²) in [5, 5.41) is 6.57. The fourth-order valence-electron chi connectivity index (χ4n) is 3.94. The van der Waals surface area contributed by atoms with Crippen molar-refractivity contribution in [2.45, 2.75) is 51.5 Å². The summed E-state index contributed by atoms with van der Waals surface area (Å²) in [6.45, 7) is 12.2. The van der Waals surface area contributed by atoms with Crippen molar-refractivity contribution in [2.24, 2.45) is 0 Å². The molecule has 8 heteroatoms. The Labute approximate surface area is 181 Å². The number of imidazole rings is 1. The van der Waals surface area contributed by atoms with Crippen LogP contribution >= 0.6 is 0 Å². The van der Waals surface area contributed by atoms with E-state index in [0.717, 1.165) is 32.6 Å². The molecule has 0 aliphatic carbocycles. The van der Waals surface area contributed by atoms with Gasteiger partial charge in [0.25, 0.3) is 0 Å². The molecule has 30 heavy (non-hydrogen) atoms. The first-order valence-electron chi connectivity index (χ1n) is 9.87. The van der Waals surface area contributed by atoms with Crippen molar-refractivity contribution in [1.29, 1.82) is 0 Å². The van der Waals surface area contributed by atoms with Crippen LogP contribution in [0.15, 0.2) is 28.3 Å². The Bertz CT molecular complexity index is 1380. The van der Waals surface area contributed by atoms with E-state index in [-0.39, 0.29) is 0 Å². The van der Waals surface area contributed by atoms with Crippen LogP contribution in [-0.4, -0.2) is 39.6 Å². The Balaban J connectivity index is 2.12. The highest BCUT2D eigenvalue weighted by Crippen LogP contribution is 2.34. The van der Waals surface area contributed by atoms with Crippen LogP contribution in [0.1, 0.15) is 34.9 Å². The van der Waals surface area contributed by atoms with Gasteiger partial charge in [-0.1, -0.05) is 6.92 Å². The van der Waals surface area contributed by atoms with E-state index in [9.17, 15) is 8.42 Å². The number of fused-ring (bicyclic) bond motifs is 2. The molecule has 0 aliphatic rings. The molecule has 3 heterocycles. The summed E-state index contributed by atoms with van der Waals surface area (Å²) in [5.41, 5.74) is 7.09. The lowest BCUT2D eigenvalue weighted by Gasteiger charge is -2.11. The number of rotatable bonds is 4. The summed E-state index contributed by atoms with van der Waals surface area (Å²) < 4.78 is 28.8. The molecular formula is C22H26N4O2S2. The highest BCUT2D eigenvalue weighted by atomic mass is 32.2. The van der Waals surface area contributed by atoms with Crippen LogP contribution in [0.25, 0.3) is 22.4 Å². The van der Waals surface area contributed by atoms with Crippen LogP contribution in [0.5, 0.6) is 0 Å². The lowest BCUT2D eigenvalue weighted by molar-refractivity contribution is 0.672. The van der Waals surface area contributed by atoms with Crippen molar-refractivity contribution < 1.29 is 8.42 Å². The van der Waals surface area contributed by atoms with Crippen LogP contribution in [0.3, 0.4) is 0 Å². The standard InChI is InChI=1S/C22H26N4O2S2/c1-8-30(28)22-19-14(4)12(2)13(3)15(5)20(19)24-26(22)21-16(6)25-10-9-17(29(7)27)11-18(25)23-21/h9-11H,8H2,1-7H3. The first-order valence-corrected chi connectivity index (χ1v) is 12.7. The van der Waals surface area contributed by atoms with E-state index in [4.69, 9.17) is 10.1 Å². The van der Waals surface area contributed by atoms with Gasteiger partial charge in [0.15, 0.2) is 5.82 Å². The Hall–Kier alpha value is -2.32. The third-order valence-corrected chi connectivity index (χ3v) is 8.33. The summed E-state index contributed by atoms with van der Waals surface area (Å²) >= 11 is 0. The average molecular weight is 443 g/mol. The zero-order chi connectivity index (χ0) is 21.9. The predicted octanol–water partition coefficient (Wildman–Crippen LogP) is 4.08. The summed E-state index contributed by atoms with van der Waals surface area (Å²) in [6, 6.07) is 3.67. The van der Waals surface area contributed by atoms with Gasteiger partial charge in [-0.2, -0.15) is 5.10 Å². The molecule has 0 bridgehead atoms. The van der Waals surface area contributed by atoms with E-state index in [0.29, 0.717) is 22.2 Å². The van der Waals surface area contributed by atoms with Gasteiger partial charge in [0.2, 0.25) is 0 Å². The van der Waals surface area contributed by atoms with E-state index in [1.54, 1.807) is 10.9 Å². The van der Waals surface area contributed by atoms with Crippen LogP contribution in [-0.2, 0) is 21.6 Å². The SMILES string of the molecule is CCS(=O)c1c2c(C)c(C)c(C)c(C)c2nn1-c1nc2cc(S(C)=O)ccn2c1C. The van der Waals surface area contributed by atoms with Crippen molar-refractivity contribution >= 4 is 38.1 Å². The summed E-state index contributed by atoms with van der Waals surface area (Å²) in [5.74, 6) is 1.15. The summed E-state index contributed by atoms with van der Waals surface area (Å²) in [6.07, 6.45) is 3.53. The van der Waals surface area contributed by atoms with Crippen LogP contribution in [0.2, 0.25) is 0 Å². The highest BCUT2D eigenvalue weighted by molar-refractivity contribution is 7.85. The molecule has 0 saturated heterocycles. The number of hydrogen-bond donors (Lipinski definition) is 0. The molecule has 6 nitrogen and oxygen atoms in total. The number of benzene rings is 1. The molecular weight excluding hydrogens is 416 g/mol. The van der Waals surface area contributed by atoms with Gasteiger partial charge in [-0.25, -0.2) is 9.67 Å².